The van der Waals surface area contributed by atoms with E-state index in [1.165, 1.54) is 7.11 Å². The SMILES string of the molecule is CONC(=O)CCc1ccc(S(=O)(=O)N2CCCCC2)cc1. The summed E-state index contributed by atoms with van der Waals surface area (Å²) in [4.78, 5) is 16.2. The Balaban J connectivity index is 2.00. The molecule has 0 atom stereocenters. The van der Waals surface area contributed by atoms with E-state index in [9.17, 15) is 13.2 Å². The smallest absolute Gasteiger partial charge is 0.243 e. The molecule has 0 spiro atoms. The molecule has 0 bridgehead atoms. The Morgan fingerprint density at radius 1 is 1.18 bits per heavy atom. The maximum Gasteiger partial charge on any atom is 0.243 e. The van der Waals surface area contributed by atoms with Gasteiger partial charge in [-0.2, -0.15) is 4.31 Å². The third-order valence-corrected chi connectivity index (χ3v) is 5.65. The summed E-state index contributed by atoms with van der Waals surface area (Å²) < 4.78 is 26.5. The minimum atomic E-state index is -3.38. The lowest BCUT2D eigenvalue weighted by Crippen LogP contribution is -2.35. The van der Waals surface area contributed by atoms with Crippen LogP contribution in [0.4, 0.5) is 0 Å². The van der Waals surface area contributed by atoms with Crippen LogP contribution in [0.3, 0.4) is 0 Å². The van der Waals surface area contributed by atoms with Crippen LogP contribution < -0.4 is 5.48 Å². The molecule has 22 heavy (non-hydrogen) atoms. The molecule has 0 unspecified atom stereocenters. The van der Waals surface area contributed by atoms with Crippen molar-refractivity contribution < 1.29 is 18.0 Å². The van der Waals surface area contributed by atoms with Crippen molar-refractivity contribution in [3.8, 4) is 0 Å². The molecule has 1 N–H and O–H groups in total. The molecule has 1 amide bonds. The number of aryl methyl sites for hydroxylation is 1. The molecule has 0 aromatic heterocycles. The molecule has 1 aliphatic heterocycles. The predicted octanol–water partition coefficient (Wildman–Crippen LogP) is 1.47. The van der Waals surface area contributed by atoms with Gasteiger partial charge in [0.1, 0.15) is 0 Å². The van der Waals surface area contributed by atoms with E-state index in [4.69, 9.17) is 0 Å². The third-order valence-electron chi connectivity index (χ3n) is 3.73. The molecular formula is C15H22N2O4S. The molecule has 1 aromatic rings. The monoisotopic (exact) mass is 326 g/mol. The first-order valence-corrected chi connectivity index (χ1v) is 8.89. The van der Waals surface area contributed by atoms with Crippen LogP contribution in [0.5, 0.6) is 0 Å². The normalized spacial score (nSPS) is 16.4. The number of sulfonamides is 1. The highest BCUT2D eigenvalue weighted by atomic mass is 32.2. The quantitative estimate of drug-likeness (QED) is 0.803. The van der Waals surface area contributed by atoms with E-state index in [0.29, 0.717) is 30.8 Å². The standard InChI is InChI=1S/C15H22N2O4S/c1-21-16-15(18)10-7-13-5-8-14(9-6-13)22(19,20)17-11-3-2-4-12-17/h5-6,8-9H,2-4,7,10-12H2,1H3,(H,16,18). The molecule has 6 nitrogen and oxygen atoms in total. The van der Waals surface area contributed by atoms with Crippen LogP contribution in [0, 0.1) is 0 Å². The van der Waals surface area contributed by atoms with Gasteiger partial charge in [0, 0.05) is 19.5 Å². The average Bonchev–Trinajstić information content (AvgIpc) is 2.54. The van der Waals surface area contributed by atoms with Crippen LogP contribution in [0.1, 0.15) is 31.2 Å². The molecule has 1 heterocycles. The first-order valence-electron chi connectivity index (χ1n) is 7.45. The van der Waals surface area contributed by atoms with Gasteiger partial charge in [-0.25, -0.2) is 13.9 Å². The molecule has 1 aromatic carbocycles. The molecule has 122 valence electrons. The maximum atomic E-state index is 12.5. The number of nitrogens with one attached hydrogen (secondary N) is 1. The van der Waals surface area contributed by atoms with Crippen LogP contribution in [0.25, 0.3) is 0 Å². The summed E-state index contributed by atoms with van der Waals surface area (Å²) in [5, 5.41) is 0. The molecular weight excluding hydrogens is 304 g/mol. The van der Waals surface area contributed by atoms with Crippen LogP contribution in [0.15, 0.2) is 29.2 Å². The number of hydrogen-bond donors (Lipinski definition) is 1. The fourth-order valence-corrected chi connectivity index (χ4v) is 4.02. The lowest BCUT2D eigenvalue weighted by Gasteiger charge is -2.25. The zero-order valence-corrected chi connectivity index (χ0v) is 13.6. The van der Waals surface area contributed by atoms with Crippen molar-refractivity contribution in [2.24, 2.45) is 0 Å². The first-order chi connectivity index (χ1) is 10.5. The van der Waals surface area contributed by atoms with E-state index in [-0.39, 0.29) is 5.91 Å². The predicted molar refractivity (Wildman–Crippen MR) is 82.5 cm³/mol. The second kappa shape index (κ2) is 7.71. The molecule has 2 rings (SSSR count). The van der Waals surface area contributed by atoms with Gasteiger partial charge in [-0.15, -0.1) is 0 Å². The second-order valence-electron chi connectivity index (χ2n) is 5.34. The summed E-state index contributed by atoms with van der Waals surface area (Å²) in [6.45, 7) is 1.20. The fourth-order valence-electron chi connectivity index (χ4n) is 2.51. The molecule has 7 heteroatoms. The Bertz CT molecular complexity index is 592. The molecule has 0 aliphatic carbocycles. The number of piperidine rings is 1. The van der Waals surface area contributed by atoms with Crippen molar-refractivity contribution in [3.63, 3.8) is 0 Å². The first kappa shape index (κ1) is 16.9. The van der Waals surface area contributed by atoms with Crippen molar-refractivity contribution in [3.05, 3.63) is 29.8 Å². The number of amides is 1. The van der Waals surface area contributed by atoms with Crippen molar-refractivity contribution in [2.45, 2.75) is 37.0 Å². The van der Waals surface area contributed by atoms with Gasteiger partial charge in [0.2, 0.25) is 15.9 Å². The minimum absolute atomic E-state index is 0.201. The Hall–Kier alpha value is -1.44. The van der Waals surface area contributed by atoms with Crippen LogP contribution in [-0.4, -0.2) is 38.8 Å². The van der Waals surface area contributed by atoms with Gasteiger partial charge in [-0.05, 0) is 37.0 Å². The zero-order valence-electron chi connectivity index (χ0n) is 12.7. The van der Waals surface area contributed by atoms with Crippen molar-refractivity contribution >= 4 is 15.9 Å². The third kappa shape index (κ3) is 4.28. The molecule has 1 fully saturated rings. The largest absolute Gasteiger partial charge is 0.277 e. The summed E-state index contributed by atoms with van der Waals surface area (Å²) in [7, 11) is -2.00. The summed E-state index contributed by atoms with van der Waals surface area (Å²) >= 11 is 0. The van der Waals surface area contributed by atoms with Gasteiger partial charge in [0.15, 0.2) is 0 Å². The number of benzene rings is 1. The second-order valence-corrected chi connectivity index (χ2v) is 7.28. The molecule has 1 saturated heterocycles. The molecule has 0 radical (unpaired) electrons. The lowest BCUT2D eigenvalue weighted by molar-refractivity contribution is -0.131. The van der Waals surface area contributed by atoms with Crippen LogP contribution >= 0.6 is 0 Å². The summed E-state index contributed by atoms with van der Waals surface area (Å²) in [6, 6.07) is 6.76. The number of hydrogen-bond acceptors (Lipinski definition) is 4. The molecule has 1 aliphatic rings. The maximum absolute atomic E-state index is 12.5. The van der Waals surface area contributed by atoms with Gasteiger partial charge in [-0.3, -0.25) is 9.63 Å². The number of hydroxylamine groups is 1. The van der Waals surface area contributed by atoms with Crippen molar-refractivity contribution in [1.82, 2.24) is 9.79 Å². The highest BCUT2D eigenvalue weighted by molar-refractivity contribution is 7.89. The van der Waals surface area contributed by atoms with Gasteiger partial charge in [0.05, 0.1) is 12.0 Å². The van der Waals surface area contributed by atoms with E-state index >= 15 is 0 Å². The highest BCUT2D eigenvalue weighted by Crippen LogP contribution is 2.21. The van der Waals surface area contributed by atoms with Gasteiger partial charge in [0.25, 0.3) is 0 Å². The lowest BCUT2D eigenvalue weighted by atomic mass is 10.1. The summed E-state index contributed by atoms with van der Waals surface area (Å²) in [6.07, 6.45) is 3.78. The van der Waals surface area contributed by atoms with E-state index < -0.39 is 10.0 Å². The van der Waals surface area contributed by atoms with E-state index in [0.717, 1.165) is 24.8 Å². The fraction of sp³-hybridized carbons (Fsp3) is 0.533. The molecule has 0 saturated carbocycles. The van der Waals surface area contributed by atoms with E-state index in [2.05, 4.69) is 10.3 Å². The van der Waals surface area contributed by atoms with Crippen LogP contribution in [0.2, 0.25) is 0 Å². The Kier molecular flexibility index (Phi) is 5.93. The average molecular weight is 326 g/mol. The van der Waals surface area contributed by atoms with Gasteiger partial charge in [-0.1, -0.05) is 18.6 Å². The Morgan fingerprint density at radius 2 is 1.82 bits per heavy atom. The van der Waals surface area contributed by atoms with Gasteiger partial charge >= 0.3 is 0 Å². The van der Waals surface area contributed by atoms with E-state index in [1.54, 1.807) is 28.6 Å². The van der Waals surface area contributed by atoms with Crippen molar-refractivity contribution in [1.29, 1.82) is 0 Å². The Morgan fingerprint density at radius 3 is 2.41 bits per heavy atom. The summed E-state index contributed by atoms with van der Waals surface area (Å²) in [5.74, 6) is -0.201. The van der Waals surface area contributed by atoms with Gasteiger partial charge < -0.3 is 0 Å². The Labute approximate surface area is 131 Å². The summed E-state index contributed by atoms with van der Waals surface area (Å²) in [5.41, 5.74) is 3.17. The zero-order chi connectivity index (χ0) is 16.0. The number of carbonyl (C=O) groups excluding carboxylic acids is 1. The van der Waals surface area contributed by atoms with Crippen molar-refractivity contribution in [2.75, 3.05) is 20.2 Å². The highest BCUT2D eigenvalue weighted by Gasteiger charge is 2.25. The number of nitrogens with zero attached hydrogens (tertiary/aromatic N) is 1. The van der Waals surface area contributed by atoms with Crippen LogP contribution in [-0.2, 0) is 26.1 Å². The number of rotatable bonds is 6. The van der Waals surface area contributed by atoms with E-state index in [1.807, 2.05) is 0 Å². The topological polar surface area (TPSA) is 75.7 Å². The number of carbonyl (C=O) groups is 1. The minimum Gasteiger partial charge on any atom is -0.277 e.